The summed E-state index contributed by atoms with van der Waals surface area (Å²) in [6.07, 6.45) is 0. The summed E-state index contributed by atoms with van der Waals surface area (Å²) < 4.78 is 0. The molecule has 22 heavy (non-hydrogen) atoms. The Labute approximate surface area is 133 Å². The van der Waals surface area contributed by atoms with Gasteiger partial charge in [-0.1, -0.05) is 48.5 Å². The number of hydrogen-bond donors (Lipinski definition) is 1. The molecule has 0 heterocycles. The topological polar surface area (TPSA) is 29.5 Å². The lowest BCUT2D eigenvalue weighted by Crippen LogP contribution is -2.04. The highest BCUT2D eigenvalue weighted by molar-refractivity contribution is 7.97. The largest absolute Gasteiger partial charge is 0.251 e. The van der Waals surface area contributed by atoms with E-state index in [-0.39, 0.29) is 17.5 Å². The van der Waals surface area contributed by atoms with Crippen molar-refractivity contribution in [2.45, 2.75) is 21.3 Å². The lowest BCUT2D eigenvalue weighted by Gasteiger charge is -2.08. The maximum absolute atomic E-state index is 8.56. The first-order chi connectivity index (χ1) is 10.9. The van der Waals surface area contributed by atoms with Gasteiger partial charge in [-0.25, -0.2) is 4.89 Å². The molecule has 0 aromatic heterocycles. The van der Waals surface area contributed by atoms with Crippen LogP contribution >= 0.6 is 0 Å². The van der Waals surface area contributed by atoms with Crippen molar-refractivity contribution in [2.75, 3.05) is 0 Å². The van der Waals surface area contributed by atoms with Crippen LogP contribution in [0.25, 0.3) is 0 Å². The summed E-state index contributed by atoms with van der Waals surface area (Å²) in [6.45, 7) is 0.213. The molecule has 0 aliphatic heterocycles. The van der Waals surface area contributed by atoms with Crippen molar-refractivity contribution in [1.29, 1.82) is 0 Å². The molecule has 0 aliphatic carbocycles. The van der Waals surface area contributed by atoms with Crippen molar-refractivity contribution in [3.63, 3.8) is 0 Å². The van der Waals surface area contributed by atoms with Crippen molar-refractivity contribution in [3.05, 3.63) is 90.5 Å². The molecule has 0 saturated heterocycles. The molecule has 0 amide bonds. The van der Waals surface area contributed by atoms with Crippen LogP contribution in [-0.4, -0.2) is 5.26 Å². The molecular formula is C19H17O2S+. The van der Waals surface area contributed by atoms with Crippen LogP contribution in [0.1, 0.15) is 5.56 Å². The summed E-state index contributed by atoms with van der Waals surface area (Å²) in [6, 6.07) is 29.3. The van der Waals surface area contributed by atoms with Gasteiger partial charge in [-0.3, -0.25) is 5.26 Å². The minimum Gasteiger partial charge on any atom is -0.251 e. The van der Waals surface area contributed by atoms with Gasteiger partial charge in [0.2, 0.25) is 0 Å². The van der Waals surface area contributed by atoms with Crippen LogP contribution in [0.15, 0.2) is 99.6 Å². The van der Waals surface area contributed by atoms with E-state index in [1.165, 1.54) is 14.7 Å². The van der Waals surface area contributed by atoms with E-state index in [0.29, 0.717) is 0 Å². The Hall–Kier alpha value is -2.07. The van der Waals surface area contributed by atoms with Gasteiger partial charge in [-0.05, 0) is 42.0 Å². The van der Waals surface area contributed by atoms with E-state index >= 15 is 0 Å². The van der Waals surface area contributed by atoms with E-state index in [9.17, 15) is 0 Å². The maximum Gasteiger partial charge on any atom is 0.166 e. The summed E-state index contributed by atoms with van der Waals surface area (Å²) in [7, 11) is -0.130. The van der Waals surface area contributed by atoms with Crippen LogP contribution in [0.4, 0.5) is 0 Å². The number of rotatable bonds is 5. The lowest BCUT2D eigenvalue weighted by molar-refractivity contribution is -0.253. The van der Waals surface area contributed by atoms with Crippen LogP contribution < -0.4 is 0 Å². The van der Waals surface area contributed by atoms with E-state index in [0.717, 1.165) is 5.56 Å². The van der Waals surface area contributed by atoms with Crippen LogP contribution in [-0.2, 0) is 22.4 Å². The van der Waals surface area contributed by atoms with Crippen molar-refractivity contribution in [2.24, 2.45) is 0 Å². The Morgan fingerprint density at radius 1 is 0.636 bits per heavy atom. The maximum atomic E-state index is 8.56. The van der Waals surface area contributed by atoms with Crippen molar-refractivity contribution in [3.8, 4) is 0 Å². The molecular weight excluding hydrogens is 292 g/mol. The van der Waals surface area contributed by atoms with Gasteiger partial charge >= 0.3 is 0 Å². The Kier molecular flexibility index (Phi) is 4.91. The standard InChI is InChI=1S/C19H16O2S/c20-21-15-16-11-13-19(14-12-16)22(17-7-3-1-4-8-17)18-9-5-2-6-10-18/h1-14H,15H2/p+1. The molecule has 0 radical (unpaired) electrons. The predicted octanol–water partition coefficient (Wildman–Crippen LogP) is 4.77. The van der Waals surface area contributed by atoms with Crippen LogP contribution in [0.5, 0.6) is 0 Å². The third-order valence-electron chi connectivity index (χ3n) is 3.35. The summed E-state index contributed by atoms with van der Waals surface area (Å²) in [4.78, 5) is 8.03. The smallest absolute Gasteiger partial charge is 0.166 e. The van der Waals surface area contributed by atoms with Gasteiger partial charge in [-0.2, -0.15) is 0 Å². The summed E-state index contributed by atoms with van der Waals surface area (Å²) in [5.74, 6) is 0. The third kappa shape index (κ3) is 3.39. The molecule has 0 fully saturated rings. The molecule has 0 aliphatic rings. The molecule has 0 saturated carbocycles. The van der Waals surface area contributed by atoms with Crippen LogP contribution in [0.2, 0.25) is 0 Å². The second kappa shape index (κ2) is 7.27. The van der Waals surface area contributed by atoms with Crippen LogP contribution in [0.3, 0.4) is 0 Å². The SMILES string of the molecule is OOCc1ccc([S+](c2ccccc2)c2ccccc2)cc1. The zero-order valence-electron chi connectivity index (χ0n) is 12.1. The highest BCUT2D eigenvalue weighted by Crippen LogP contribution is 2.30. The van der Waals surface area contributed by atoms with E-state index < -0.39 is 0 Å². The third-order valence-corrected chi connectivity index (χ3v) is 5.58. The van der Waals surface area contributed by atoms with Gasteiger partial charge in [0.15, 0.2) is 14.7 Å². The molecule has 0 unspecified atom stereocenters. The molecule has 3 aromatic carbocycles. The number of hydrogen-bond acceptors (Lipinski definition) is 2. The van der Waals surface area contributed by atoms with Gasteiger partial charge < -0.3 is 0 Å². The summed E-state index contributed by atoms with van der Waals surface area (Å²) in [5, 5.41) is 8.56. The Morgan fingerprint density at radius 3 is 1.55 bits per heavy atom. The highest BCUT2D eigenvalue weighted by atomic mass is 32.2. The first-order valence-electron chi connectivity index (χ1n) is 7.08. The normalized spacial score (nSPS) is 10.8. The zero-order valence-corrected chi connectivity index (χ0v) is 12.9. The summed E-state index contributed by atoms with van der Waals surface area (Å²) in [5.41, 5.74) is 0.955. The number of benzene rings is 3. The quantitative estimate of drug-likeness (QED) is 0.418. The van der Waals surface area contributed by atoms with E-state index in [4.69, 9.17) is 5.26 Å². The van der Waals surface area contributed by atoms with Crippen molar-refractivity contribution < 1.29 is 10.1 Å². The van der Waals surface area contributed by atoms with Gasteiger partial charge in [0.05, 0.1) is 10.9 Å². The Bertz CT molecular complexity index is 657. The fourth-order valence-electron chi connectivity index (χ4n) is 2.32. The van der Waals surface area contributed by atoms with E-state index in [1.54, 1.807) is 0 Å². The molecule has 1 N–H and O–H groups in total. The zero-order chi connectivity index (χ0) is 15.2. The first-order valence-corrected chi connectivity index (χ1v) is 8.30. The molecule has 0 atom stereocenters. The fraction of sp³-hybridized carbons (Fsp3) is 0.0526. The second-order valence-corrected chi connectivity index (χ2v) is 6.88. The van der Waals surface area contributed by atoms with Crippen LogP contribution in [0, 0.1) is 0 Å². The molecule has 0 spiro atoms. The average Bonchev–Trinajstić information content (AvgIpc) is 2.59. The predicted molar refractivity (Wildman–Crippen MR) is 88.9 cm³/mol. The average molecular weight is 309 g/mol. The van der Waals surface area contributed by atoms with E-state index in [2.05, 4.69) is 65.6 Å². The highest BCUT2D eigenvalue weighted by Gasteiger charge is 2.27. The second-order valence-electron chi connectivity index (χ2n) is 4.85. The molecule has 3 heteroatoms. The first kappa shape index (κ1) is 14.9. The molecule has 3 aromatic rings. The van der Waals surface area contributed by atoms with Gasteiger partial charge in [0.1, 0.15) is 6.61 Å². The van der Waals surface area contributed by atoms with E-state index in [1.807, 2.05) is 24.3 Å². The van der Waals surface area contributed by atoms with Crippen molar-refractivity contribution in [1.82, 2.24) is 0 Å². The van der Waals surface area contributed by atoms with Gasteiger partial charge in [-0.15, -0.1) is 0 Å². The fourth-order valence-corrected chi connectivity index (χ4v) is 4.40. The molecule has 110 valence electrons. The van der Waals surface area contributed by atoms with Gasteiger partial charge in [0, 0.05) is 0 Å². The minimum atomic E-state index is -0.130. The minimum absolute atomic E-state index is 0.130. The molecule has 0 bridgehead atoms. The molecule has 3 rings (SSSR count). The van der Waals surface area contributed by atoms with Gasteiger partial charge in [0.25, 0.3) is 0 Å². The Morgan fingerprint density at radius 2 is 1.09 bits per heavy atom. The summed E-state index contributed by atoms with van der Waals surface area (Å²) >= 11 is 0. The molecule has 2 nitrogen and oxygen atoms in total. The lowest BCUT2D eigenvalue weighted by atomic mass is 10.2. The van der Waals surface area contributed by atoms with Crippen molar-refractivity contribution >= 4 is 10.9 Å². The Balaban J connectivity index is 2.02. The monoisotopic (exact) mass is 309 g/mol.